The molecule has 1 saturated heterocycles. The number of rotatable bonds is 3. The Morgan fingerprint density at radius 3 is 2.95 bits per heavy atom. The highest BCUT2D eigenvalue weighted by molar-refractivity contribution is 5.92. The summed E-state index contributed by atoms with van der Waals surface area (Å²) in [4.78, 5) is 26.7. The first kappa shape index (κ1) is 14.6. The molecule has 7 nitrogen and oxygen atoms in total. The molecule has 1 amide bonds. The van der Waals surface area contributed by atoms with E-state index in [1.54, 1.807) is 11.1 Å². The summed E-state index contributed by atoms with van der Waals surface area (Å²) in [6.07, 6.45) is 6.46. The fraction of sp³-hybridized carbons (Fsp3) is 0.533. The Hall–Kier alpha value is -2.31. The van der Waals surface area contributed by atoms with E-state index >= 15 is 0 Å². The van der Waals surface area contributed by atoms with Crippen molar-refractivity contribution >= 4 is 5.91 Å². The van der Waals surface area contributed by atoms with E-state index in [0.717, 1.165) is 19.4 Å². The van der Waals surface area contributed by atoms with Crippen LogP contribution in [0.25, 0.3) is 0 Å². The summed E-state index contributed by atoms with van der Waals surface area (Å²) in [5, 5.41) is 4.08. The molecule has 0 aromatic carbocycles. The molecule has 116 valence electrons. The fourth-order valence-corrected chi connectivity index (χ4v) is 2.59. The predicted octanol–water partition coefficient (Wildman–Crippen LogP) is 2.00. The number of likely N-dealkylation sites (tertiary alicyclic amines) is 1. The van der Waals surface area contributed by atoms with Gasteiger partial charge in [-0.15, -0.1) is 0 Å². The molecular formula is C15H19N5O2. The van der Waals surface area contributed by atoms with Gasteiger partial charge in [-0.1, -0.05) is 19.0 Å². The number of hydrogen-bond acceptors (Lipinski definition) is 6. The van der Waals surface area contributed by atoms with Gasteiger partial charge in [0.15, 0.2) is 5.82 Å². The maximum atomic E-state index is 12.4. The van der Waals surface area contributed by atoms with Crippen LogP contribution >= 0.6 is 0 Å². The smallest absolute Gasteiger partial charge is 0.274 e. The summed E-state index contributed by atoms with van der Waals surface area (Å²) in [6, 6.07) is 0. The molecule has 0 saturated carbocycles. The molecule has 0 radical (unpaired) electrons. The van der Waals surface area contributed by atoms with Gasteiger partial charge in [-0.2, -0.15) is 4.98 Å². The highest BCUT2D eigenvalue weighted by atomic mass is 16.5. The van der Waals surface area contributed by atoms with Gasteiger partial charge in [-0.05, 0) is 12.8 Å². The van der Waals surface area contributed by atoms with Crippen molar-refractivity contribution in [1.29, 1.82) is 0 Å². The second-order valence-corrected chi connectivity index (χ2v) is 5.83. The van der Waals surface area contributed by atoms with Crippen LogP contribution in [0.4, 0.5) is 0 Å². The Morgan fingerprint density at radius 2 is 2.27 bits per heavy atom. The highest BCUT2D eigenvalue weighted by Crippen LogP contribution is 2.26. The summed E-state index contributed by atoms with van der Waals surface area (Å²) in [6.45, 7) is 5.34. The van der Waals surface area contributed by atoms with E-state index in [1.165, 1.54) is 12.4 Å². The van der Waals surface area contributed by atoms with Crippen molar-refractivity contribution in [3.05, 3.63) is 36.0 Å². The summed E-state index contributed by atoms with van der Waals surface area (Å²) >= 11 is 0. The monoisotopic (exact) mass is 301 g/mol. The van der Waals surface area contributed by atoms with Crippen LogP contribution in [0.1, 0.15) is 60.7 Å². The largest absolute Gasteiger partial charge is 0.339 e. The highest BCUT2D eigenvalue weighted by Gasteiger charge is 2.29. The Kier molecular flexibility index (Phi) is 4.13. The lowest BCUT2D eigenvalue weighted by molar-refractivity contribution is 0.0697. The number of aromatic nitrogens is 4. The average Bonchev–Trinajstić information content (AvgIpc) is 3.05. The Morgan fingerprint density at radius 1 is 1.41 bits per heavy atom. The van der Waals surface area contributed by atoms with Crippen LogP contribution < -0.4 is 0 Å². The van der Waals surface area contributed by atoms with Crippen LogP contribution in [0.3, 0.4) is 0 Å². The van der Waals surface area contributed by atoms with E-state index in [9.17, 15) is 4.79 Å². The molecule has 0 N–H and O–H groups in total. The van der Waals surface area contributed by atoms with Crippen molar-refractivity contribution in [2.24, 2.45) is 0 Å². The molecule has 1 fully saturated rings. The second-order valence-electron chi connectivity index (χ2n) is 5.83. The van der Waals surface area contributed by atoms with Gasteiger partial charge in [0.1, 0.15) is 5.69 Å². The van der Waals surface area contributed by atoms with E-state index in [2.05, 4.69) is 20.1 Å². The molecule has 22 heavy (non-hydrogen) atoms. The quantitative estimate of drug-likeness (QED) is 0.862. The first-order valence-corrected chi connectivity index (χ1v) is 7.54. The maximum absolute atomic E-state index is 12.4. The van der Waals surface area contributed by atoms with Gasteiger partial charge >= 0.3 is 0 Å². The molecule has 3 rings (SSSR count). The van der Waals surface area contributed by atoms with Crippen LogP contribution in [-0.2, 0) is 0 Å². The molecule has 1 aliphatic rings. The van der Waals surface area contributed by atoms with Gasteiger partial charge in [0.2, 0.25) is 5.89 Å². The van der Waals surface area contributed by atoms with Crippen molar-refractivity contribution < 1.29 is 9.32 Å². The standard InChI is InChI=1S/C15H19N5O2/c1-10(2)14-18-13(19-22-14)11-4-3-7-20(9-11)15(21)12-8-16-5-6-17-12/h5-6,8,10-11H,3-4,7,9H2,1-2H3/t11-/m0/s1. The number of carbonyl (C=O) groups excluding carboxylic acids is 1. The third kappa shape index (κ3) is 2.98. The van der Waals surface area contributed by atoms with Crippen molar-refractivity contribution in [2.75, 3.05) is 13.1 Å². The molecule has 3 heterocycles. The van der Waals surface area contributed by atoms with Crippen molar-refractivity contribution in [3.63, 3.8) is 0 Å². The van der Waals surface area contributed by atoms with E-state index in [4.69, 9.17) is 4.52 Å². The van der Waals surface area contributed by atoms with E-state index in [-0.39, 0.29) is 17.7 Å². The lowest BCUT2D eigenvalue weighted by Crippen LogP contribution is -2.39. The summed E-state index contributed by atoms with van der Waals surface area (Å²) in [5.74, 6) is 1.57. The second kappa shape index (κ2) is 6.21. The van der Waals surface area contributed by atoms with E-state index < -0.39 is 0 Å². The lowest BCUT2D eigenvalue weighted by atomic mass is 9.97. The molecule has 7 heteroatoms. The molecular weight excluding hydrogens is 282 g/mol. The van der Waals surface area contributed by atoms with E-state index in [1.807, 2.05) is 13.8 Å². The third-order valence-electron chi connectivity index (χ3n) is 3.81. The van der Waals surface area contributed by atoms with E-state index in [0.29, 0.717) is 24.0 Å². The minimum atomic E-state index is -0.0922. The fourth-order valence-electron chi connectivity index (χ4n) is 2.59. The van der Waals surface area contributed by atoms with Gasteiger partial charge in [-0.25, -0.2) is 4.98 Å². The zero-order valence-corrected chi connectivity index (χ0v) is 12.8. The van der Waals surface area contributed by atoms with Crippen molar-refractivity contribution in [1.82, 2.24) is 25.0 Å². The van der Waals surface area contributed by atoms with Crippen molar-refractivity contribution in [3.8, 4) is 0 Å². The molecule has 1 atom stereocenters. The average molecular weight is 301 g/mol. The topological polar surface area (TPSA) is 85.0 Å². The molecule has 1 aliphatic heterocycles. The minimum Gasteiger partial charge on any atom is -0.339 e. The maximum Gasteiger partial charge on any atom is 0.274 e. The van der Waals surface area contributed by atoms with Crippen LogP contribution in [0.15, 0.2) is 23.1 Å². The number of nitrogens with zero attached hydrogens (tertiary/aromatic N) is 5. The normalized spacial score (nSPS) is 18.7. The number of amides is 1. The van der Waals surface area contributed by atoms with Gasteiger partial charge in [0.25, 0.3) is 5.91 Å². The summed E-state index contributed by atoms with van der Waals surface area (Å²) < 4.78 is 5.27. The third-order valence-corrected chi connectivity index (χ3v) is 3.81. The number of piperidine rings is 1. The first-order valence-electron chi connectivity index (χ1n) is 7.54. The molecule has 0 bridgehead atoms. The van der Waals surface area contributed by atoms with Crippen LogP contribution in [0, 0.1) is 0 Å². The van der Waals surface area contributed by atoms with Crippen LogP contribution in [0.5, 0.6) is 0 Å². The molecule has 0 aliphatic carbocycles. The van der Waals surface area contributed by atoms with Gasteiger partial charge in [0, 0.05) is 37.3 Å². The van der Waals surface area contributed by atoms with Gasteiger partial charge in [0.05, 0.1) is 6.20 Å². The summed E-state index contributed by atoms with van der Waals surface area (Å²) in [7, 11) is 0. The lowest BCUT2D eigenvalue weighted by Gasteiger charge is -2.30. The number of hydrogen-bond donors (Lipinski definition) is 0. The zero-order chi connectivity index (χ0) is 15.5. The Labute approximate surface area is 128 Å². The predicted molar refractivity (Wildman–Crippen MR) is 78.3 cm³/mol. The van der Waals surface area contributed by atoms with Gasteiger partial charge < -0.3 is 9.42 Å². The minimum absolute atomic E-state index is 0.0922. The van der Waals surface area contributed by atoms with Crippen LogP contribution in [0.2, 0.25) is 0 Å². The number of carbonyl (C=O) groups is 1. The van der Waals surface area contributed by atoms with Gasteiger partial charge in [-0.3, -0.25) is 9.78 Å². The Bertz CT molecular complexity index is 640. The van der Waals surface area contributed by atoms with Crippen LogP contribution in [-0.4, -0.2) is 44.0 Å². The molecule has 0 unspecified atom stereocenters. The first-order chi connectivity index (χ1) is 10.6. The zero-order valence-electron chi connectivity index (χ0n) is 12.8. The SMILES string of the molecule is CC(C)c1nc([C@H]2CCCN(C(=O)c3cnccn3)C2)no1. The Balaban J connectivity index is 1.72. The summed E-state index contributed by atoms with van der Waals surface area (Å²) in [5.41, 5.74) is 0.374. The molecule has 2 aromatic rings. The molecule has 2 aromatic heterocycles. The van der Waals surface area contributed by atoms with Crippen molar-refractivity contribution in [2.45, 2.75) is 38.5 Å². The molecule has 0 spiro atoms.